The highest BCUT2D eigenvalue weighted by Crippen LogP contribution is 2.23. The molecule has 3 amide bonds. The number of carbonyl (C=O) groups excluding carboxylic acids is 4. The molecule has 2 N–H and O–H groups in total. The first kappa shape index (κ1) is 41.1. The molecule has 0 unspecified atom stereocenters. The second kappa shape index (κ2) is 20.5. The summed E-state index contributed by atoms with van der Waals surface area (Å²) in [6, 6.07) is 8.73. The van der Waals surface area contributed by atoms with Crippen molar-refractivity contribution >= 4 is 35.0 Å². The number of methoxy groups -OCH3 is 1. The number of carbonyl (C=O) groups is 4. The van der Waals surface area contributed by atoms with Gasteiger partial charge in [-0.05, 0) is 69.0 Å². The number of likely N-dealkylation sites (tertiary alicyclic amines) is 1. The number of benzene rings is 1. The molecule has 0 aliphatic carbocycles. The van der Waals surface area contributed by atoms with Gasteiger partial charge in [0.15, 0.2) is 0 Å². The molecule has 10 nitrogen and oxygen atoms in total. The van der Waals surface area contributed by atoms with E-state index in [0.29, 0.717) is 31.4 Å². The van der Waals surface area contributed by atoms with Crippen LogP contribution in [0, 0.1) is 17.8 Å². The van der Waals surface area contributed by atoms with Crippen molar-refractivity contribution in [2.45, 2.75) is 123 Å². The van der Waals surface area contributed by atoms with Gasteiger partial charge in [-0.15, -0.1) is 11.3 Å². The molecule has 1 aliphatic rings. The van der Waals surface area contributed by atoms with Crippen LogP contribution in [0.1, 0.15) is 108 Å². The molecule has 50 heavy (non-hydrogen) atoms. The summed E-state index contributed by atoms with van der Waals surface area (Å²) in [7, 11) is 3.21. The second-order valence-electron chi connectivity index (χ2n) is 14.6. The van der Waals surface area contributed by atoms with Crippen molar-refractivity contribution < 1.29 is 23.9 Å². The van der Waals surface area contributed by atoms with Crippen molar-refractivity contribution in [3.63, 3.8) is 0 Å². The lowest BCUT2D eigenvalue weighted by molar-refractivity contribution is -0.145. The van der Waals surface area contributed by atoms with Gasteiger partial charge in [0.2, 0.25) is 11.8 Å². The van der Waals surface area contributed by atoms with Gasteiger partial charge >= 0.3 is 5.97 Å². The van der Waals surface area contributed by atoms with Gasteiger partial charge in [0, 0.05) is 30.9 Å². The van der Waals surface area contributed by atoms with Gasteiger partial charge in [-0.25, -0.2) is 4.98 Å². The smallest absolute Gasteiger partial charge is 0.308 e. The quantitative estimate of drug-likeness (QED) is 0.174. The van der Waals surface area contributed by atoms with Gasteiger partial charge in [-0.1, -0.05) is 84.7 Å². The van der Waals surface area contributed by atoms with Crippen LogP contribution < -0.4 is 10.6 Å². The molecule has 278 valence electrons. The van der Waals surface area contributed by atoms with E-state index in [0.717, 1.165) is 55.8 Å². The standard InChI is InChI=1S/C39H61N5O5S/c1-9-10-21-44-22-15-14-18-33(44)37(46)42-35(27(4)5)38(47)43(7)32(26(2)3)19-20-34-41-31(25-50-34)36(45)40-30(23-28(6)39(48)49-8)24-29-16-12-11-13-17-29/h11-13,16-17,25-28,30,32-33,35H,9-10,14-15,18-24H2,1-8H3,(H,40,45)(H,42,46)/t28-,30+,32+,33+,35-/m0/s1. The highest BCUT2D eigenvalue weighted by molar-refractivity contribution is 7.09. The lowest BCUT2D eigenvalue weighted by atomic mass is 9.94. The Balaban J connectivity index is 1.64. The summed E-state index contributed by atoms with van der Waals surface area (Å²) >= 11 is 1.44. The first-order valence-electron chi connectivity index (χ1n) is 18.5. The summed E-state index contributed by atoms with van der Waals surface area (Å²) in [5, 5.41) is 8.85. The minimum absolute atomic E-state index is 0.0401. The molecule has 2 heterocycles. The summed E-state index contributed by atoms with van der Waals surface area (Å²) < 4.78 is 4.93. The Hall–Kier alpha value is -3.31. The predicted molar refractivity (Wildman–Crippen MR) is 200 cm³/mol. The summed E-state index contributed by atoms with van der Waals surface area (Å²) in [6.07, 6.45) is 7.41. The first-order valence-corrected chi connectivity index (χ1v) is 19.4. The Morgan fingerprint density at radius 2 is 1.76 bits per heavy atom. The zero-order valence-electron chi connectivity index (χ0n) is 31.6. The molecule has 2 aromatic rings. The van der Waals surface area contributed by atoms with E-state index in [1.165, 1.54) is 18.4 Å². The number of esters is 1. The topological polar surface area (TPSA) is 121 Å². The third-order valence-electron chi connectivity index (χ3n) is 9.90. The highest BCUT2D eigenvalue weighted by atomic mass is 32.1. The molecule has 0 radical (unpaired) electrons. The van der Waals surface area contributed by atoms with Crippen molar-refractivity contribution in [3.05, 3.63) is 52.0 Å². The van der Waals surface area contributed by atoms with Crippen molar-refractivity contribution in [1.82, 2.24) is 25.4 Å². The van der Waals surface area contributed by atoms with Crippen molar-refractivity contribution in [1.29, 1.82) is 0 Å². The van der Waals surface area contributed by atoms with Crippen LogP contribution in [0.25, 0.3) is 0 Å². The normalized spacial score (nSPS) is 17.5. The molecule has 0 bridgehead atoms. The van der Waals surface area contributed by atoms with Crippen LogP contribution in [-0.2, 0) is 32.0 Å². The SMILES string of the molecule is CCCCN1CCCC[C@@H]1C(=O)N[C@H](C(=O)N(C)[C@H](CCc1nc(C(=O)N[C@@H](Cc2ccccc2)C[C@H](C)C(=O)OC)cs1)C(C)C)C(C)C. The molecule has 0 saturated carbocycles. The van der Waals surface area contributed by atoms with E-state index in [4.69, 9.17) is 4.74 Å². The highest BCUT2D eigenvalue weighted by Gasteiger charge is 2.35. The molecule has 1 aromatic heterocycles. The maximum absolute atomic E-state index is 14.0. The molecule has 1 aliphatic heterocycles. The first-order chi connectivity index (χ1) is 23.9. The third kappa shape index (κ3) is 12.2. The van der Waals surface area contributed by atoms with Crippen LogP contribution in [-0.4, -0.2) is 89.9 Å². The third-order valence-corrected chi connectivity index (χ3v) is 10.8. The lowest BCUT2D eigenvalue weighted by Crippen LogP contribution is -2.58. The number of aryl methyl sites for hydroxylation is 1. The fourth-order valence-electron chi connectivity index (χ4n) is 6.91. The number of likely N-dealkylation sites (N-methyl/N-ethyl adjacent to an activating group) is 1. The zero-order valence-corrected chi connectivity index (χ0v) is 32.4. The van der Waals surface area contributed by atoms with Crippen LogP contribution in [0.5, 0.6) is 0 Å². The average Bonchev–Trinajstić information content (AvgIpc) is 3.58. The van der Waals surface area contributed by atoms with Gasteiger partial charge < -0.3 is 20.3 Å². The number of hydrogen-bond acceptors (Lipinski definition) is 8. The van der Waals surface area contributed by atoms with Crippen LogP contribution in [0.4, 0.5) is 0 Å². The second-order valence-corrected chi connectivity index (χ2v) is 15.5. The Bertz CT molecular complexity index is 1370. The maximum Gasteiger partial charge on any atom is 0.308 e. The number of thiazole rings is 1. The van der Waals surface area contributed by atoms with E-state index in [2.05, 4.69) is 41.3 Å². The van der Waals surface area contributed by atoms with E-state index in [1.54, 1.807) is 12.3 Å². The Kier molecular flexibility index (Phi) is 16.9. The van der Waals surface area contributed by atoms with Crippen LogP contribution >= 0.6 is 11.3 Å². The van der Waals surface area contributed by atoms with Gasteiger partial charge in [0.05, 0.1) is 24.1 Å². The van der Waals surface area contributed by atoms with E-state index in [-0.39, 0.29) is 59.6 Å². The lowest BCUT2D eigenvalue weighted by Gasteiger charge is -2.38. The number of unbranched alkanes of at least 4 members (excludes halogenated alkanes) is 1. The van der Waals surface area contributed by atoms with E-state index in [1.807, 2.05) is 56.1 Å². The number of aromatic nitrogens is 1. The van der Waals surface area contributed by atoms with Gasteiger partial charge in [0.25, 0.3) is 5.91 Å². The number of rotatable bonds is 19. The maximum atomic E-state index is 14.0. The molecular weight excluding hydrogens is 651 g/mol. The van der Waals surface area contributed by atoms with E-state index >= 15 is 0 Å². The Labute approximate surface area is 304 Å². The molecule has 5 atom stereocenters. The molecular formula is C39H61N5O5S. The Morgan fingerprint density at radius 3 is 2.40 bits per heavy atom. The summed E-state index contributed by atoms with van der Waals surface area (Å²) in [5.41, 5.74) is 1.41. The minimum atomic E-state index is -0.607. The van der Waals surface area contributed by atoms with Crippen molar-refractivity contribution in [2.24, 2.45) is 17.8 Å². The van der Waals surface area contributed by atoms with Gasteiger partial charge in [-0.2, -0.15) is 0 Å². The monoisotopic (exact) mass is 711 g/mol. The number of amides is 3. The molecule has 1 fully saturated rings. The van der Waals surface area contributed by atoms with Gasteiger partial charge in [0.1, 0.15) is 11.7 Å². The number of hydrogen-bond donors (Lipinski definition) is 2. The molecule has 3 rings (SSSR count). The van der Waals surface area contributed by atoms with E-state index in [9.17, 15) is 19.2 Å². The molecule has 1 aromatic carbocycles. The molecule has 11 heteroatoms. The summed E-state index contributed by atoms with van der Waals surface area (Å²) in [6.45, 7) is 14.0. The fraction of sp³-hybridized carbons (Fsp3) is 0.667. The number of ether oxygens (including phenoxy) is 1. The average molecular weight is 712 g/mol. The van der Waals surface area contributed by atoms with Crippen molar-refractivity contribution in [3.8, 4) is 0 Å². The Morgan fingerprint density at radius 1 is 1.04 bits per heavy atom. The summed E-state index contributed by atoms with van der Waals surface area (Å²) in [4.78, 5) is 61.8. The van der Waals surface area contributed by atoms with Crippen molar-refractivity contribution in [2.75, 3.05) is 27.2 Å². The van der Waals surface area contributed by atoms with Crippen LogP contribution in [0.3, 0.4) is 0 Å². The largest absolute Gasteiger partial charge is 0.469 e. The van der Waals surface area contributed by atoms with Crippen LogP contribution in [0.15, 0.2) is 35.7 Å². The summed E-state index contributed by atoms with van der Waals surface area (Å²) in [5.74, 6) is -0.959. The number of nitrogens with one attached hydrogen (secondary N) is 2. The minimum Gasteiger partial charge on any atom is -0.469 e. The van der Waals surface area contributed by atoms with Gasteiger partial charge in [-0.3, -0.25) is 24.1 Å². The number of nitrogens with zero attached hydrogens (tertiary/aromatic N) is 3. The molecule has 1 saturated heterocycles. The van der Waals surface area contributed by atoms with E-state index < -0.39 is 6.04 Å². The van der Waals surface area contributed by atoms with Crippen LogP contribution in [0.2, 0.25) is 0 Å². The fourth-order valence-corrected chi connectivity index (χ4v) is 7.71. The number of piperidine rings is 1. The predicted octanol–water partition coefficient (Wildman–Crippen LogP) is 5.89. The zero-order chi connectivity index (χ0) is 36.8. The molecule has 0 spiro atoms.